The molecule has 1 fully saturated rings. The monoisotopic (exact) mass is 471 g/mol. The number of urea groups is 1. The average molecular weight is 471 g/mol. The van der Waals surface area contributed by atoms with E-state index in [4.69, 9.17) is 4.74 Å². The molecule has 9 nitrogen and oxygen atoms in total. The van der Waals surface area contributed by atoms with Crippen LogP contribution in [-0.4, -0.2) is 61.1 Å². The van der Waals surface area contributed by atoms with Crippen LogP contribution >= 0.6 is 0 Å². The SMILES string of the molecule is Cc1cc(-c2ncc(F)c(OC3CN(C(=O)N4N=CCC4c4cc(F)cc(F)c4)C3)n2)n(C)n1. The highest BCUT2D eigenvalue weighted by Gasteiger charge is 2.39. The lowest BCUT2D eigenvalue weighted by molar-refractivity contribution is 0.0230. The molecule has 0 saturated carbocycles. The normalized spacial score (nSPS) is 17.9. The van der Waals surface area contributed by atoms with Crippen LogP contribution in [0.3, 0.4) is 0 Å². The number of ether oxygens (including phenoxy) is 1. The van der Waals surface area contributed by atoms with Crippen molar-refractivity contribution in [3.8, 4) is 17.4 Å². The Bertz CT molecular complexity index is 1270. The molecule has 3 aromatic rings. The first-order valence-corrected chi connectivity index (χ1v) is 10.6. The number of rotatable bonds is 4. The lowest BCUT2D eigenvalue weighted by Crippen LogP contribution is -2.59. The standard InChI is InChI=1S/C22H20F3N7O2/c1-12-5-19(30(2)29-12)20-26-9-17(25)21(28-20)34-16-10-31(11-16)22(33)32-18(3-4-27-32)13-6-14(23)8-15(24)7-13/h4-9,16,18H,3,10-11H2,1-2H3. The number of carbonyl (C=O) groups excluding carboxylic acids is 1. The Kier molecular flexibility index (Phi) is 5.42. The number of aromatic nitrogens is 4. The Morgan fingerprint density at radius 3 is 2.53 bits per heavy atom. The van der Waals surface area contributed by atoms with Crippen molar-refractivity contribution in [3.63, 3.8) is 0 Å². The van der Waals surface area contributed by atoms with Gasteiger partial charge in [0.2, 0.25) is 5.82 Å². The largest absolute Gasteiger partial charge is 0.468 e. The molecular weight excluding hydrogens is 451 g/mol. The zero-order chi connectivity index (χ0) is 24.0. The van der Waals surface area contributed by atoms with Gasteiger partial charge in [-0.1, -0.05) is 0 Å². The summed E-state index contributed by atoms with van der Waals surface area (Å²) in [4.78, 5) is 22.6. The van der Waals surface area contributed by atoms with Crippen molar-refractivity contribution in [2.24, 2.45) is 12.1 Å². The molecule has 0 N–H and O–H groups in total. The minimum Gasteiger partial charge on any atom is -0.468 e. The van der Waals surface area contributed by atoms with Crippen LogP contribution in [0.4, 0.5) is 18.0 Å². The van der Waals surface area contributed by atoms with Gasteiger partial charge in [-0.25, -0.2) is 23.6 Å². The second-order valence-electron chi connectivity index (χ2n) is 8.17. The number of aryl methyl sites for hydroxylation is 2. The summed E-state index contributed by atoms with van der Waals surface area (Å²) in [7, 11) is 1.73. The van der Waals surface area contributed by atoms with E-state index in [2.05, 4.69) is 20.2 Å². The van der Waals surface area contributed by atoms with Crippen molar-refractivity contribution in [2.45, 2.75) is 25.5 Å². The van der Waals surface area contributed by atoms with E-state index in [0.29, 0.717) is 17.7 Å². The van der Waals surface area contributed by atoms with Crippen LogP contribution in [0.25, 0.3) is 11.5 Å². The van der Waals surface area contributed by atoms with Gasteiger partial charge in [0, 0.05) is 25.7 Å². The Hall–Kier alpha value is -3.96. The number of likely N-dealkylation sites (tertiary alicyclic amines) is 1. The quantitative estimate of drug-likeness (QED) is 0.583. The third-order valence-electron chi connectivity index (χ3n) is 5.64. The van der Waals surface area contributed by atoms with Gasteiger partial charge in [-0.3, -0.25) is 4.68 Å². The van der Waals surface area contributed by atoms with Crippen LogP contribution in [0.2, 0.25) is 0 Å². The van der Waals surface area contributed by atoms with Crippen LogP contribution < -0.4 is 4.74 Å². The summed E-state index contributed by atoms with van der Waals surface area (Å²) in [6, 6.07) is 3.88. The van der Waals surface area contributed by atoms with Gasteiger partial charge in [0.15, 0.2) is 5.82 Å². The number of halogens is 3. The van der Waals surface area contributed by atoms with Gasteiger partial charge >= 0.3 is 6.03 Å². The lowest BCUT2D eigenvalue weighted by atomic mass is 10.0. The van der Waals surface area contributed by atoms with Crippen molar-refractivity contribution in [3.05, 3.63) is 59.2 Å². The highest BCUT2D eigenvalue weighted by atomic mass is 19.1. The topological polar surface area (TPSA) is 88.7 Å². The molecule has 2 aliphatic rings. The third-order valence-corrected chi connectivity index (χ3v) is 5.64. The van der Waals surface area contributed by atoms with E-state index in [1.807, 2.05) is 6.92 Å². The second-order valence-corrected chi connectivity index (χ2v) is 8.17. The first-order chi connectivity index (χ1) is 16.3. The molecule has 4 heterocycles. The molecular formula is C22H20F3N7O2. The molecule has 1 unspecified atom stereocenters. The molecule has 0 spiro atoms. The lowest BCUT2D eigenvalue weighted by Gasteiger charge is -2.40. The number of hydrogen-bond acceptors (Lipinski definition) is 6. The van der Waals surface area contributed by atoms with Crippen LogP contribution in [0.5, 0.6) is 5.88 Å². The highest BCUT2D eigenvalue weighted by molar-refractivity contribution is 5.79. The molecule has 1 atom stereocenters. The summed E-state index contributed by atoms with van der Waals surface area (Å²) in [5.74, 6) is -2.11. The van der Waals surface area contributed by atoms with Gasteiger partial charge in [0.1, 0.15) is 23.4 Å². The number of nitrogens with zero attached hydrogens (tertiary/aromatic N) is 7. The molecule has 176 valence electrons. The number of hydrogen-bond donors (Lipinski definition) is 0. The van der Waals surface area contributed by atoms with E-state index in [1.165, 1.54) is 28.3 Å². The molecule has 34 heavy (non-hydrogen) atoms. The number of benzene rings is 1. The molecule has 12 heteroatoms. The number of hydrazone groups is 1. The van der Waals surface area contributed by atoms with E-state index in [1.54, 1.807) is 17.8 Å². The molecule has 5 rings (SSSR count). The molecule has 0 bridgehead atoms. The first kappa shape index (κ1) is 21.9. The van der Waals surface area contributed by atoms with E-state index in [0.717, 1.165) is 18.0 Å². The Labute approximate surface area is 192 Å². The van der Waals surface area contributed by atoms with Gasteiger partial charge in [-0.05, 0) is 30.7 Å². The van der Waals surface area contributed by atoms with E-state index in [-0.39, 0.29) is 24.8 Å². The molecule has 0 radical (unpaired) electrons. The van der Waals surface area contributed by atoms with Crippen molar-refractivity contribution < 1.29 is 22.7 Å². The Morgan fingerprint density at radius 1 is 1.12 bits per heavy atom. The number of carbonyl (C=O) groups is 1. The first-order valence-electron chi connectivity index (χ1n) is 10.6. The Morgan fingerprint density at radius 2 is 1.85 bits per heavy atom. The summed E-state index contributed by atoms with van der Waals surface area (Å²) in [5.41, 5.74) is 1.70. The van der Waals surface area contributed by atoms with Crippen molar-refractivity contribution >= 4 is 12.2 Å². The summed E-state index contributed by atoms with van der Waals surface area (Å²) < 4.78 is 48.8. The van der Waals surface area contributed by atoms with Crippen LogP contribution in [-0.2, 0) is 7.05 Å². The van der Waals surface area contributed by atoms with Gasteiger partial charge in [0.25, 0.3) is 5.88 Å². The molecule has 1 saturated heterocycles. The van der Waals surface area contributed by atoms with E-state index < -0.39 is 35.6 Å². The van der Waals surface area contributed by atoms with Crippen LogP contribution in [0, 0.1) is 24.4 Å². The number of amides is 2. The van der Waals surface area contributed by atoms with Crippen LogP contribution in [0.1, 0.15) is 23.7 Å². The predicted octanol–water partition coefficient (Wildman–Crippen LogP) is 3.22. The average Bonchev–Trinajstić information content (AvgIpc) is 3.37. The molecule has 2 aliphatic heterocycles. The summed E-state index contributed by atoms with van der Waals surface area (Å²) in [6.07, 6.45) is 2.41. The summed E-state index contributed by atoms with van der Waals surface area (Å²) in [6.45, 7) is 2.18. The van der Waals surface area contributed by atoms with Gasteiger partial charge in [0.05, 0.1) is 31.0 Å². The highest BCUT2D eigenvalue weighted by Crippen LogP contribution is 2.32. The van der Waals surface area contributed by atoms with Crippen molar-refractivity contribution in [1.29, 1.82) is 0 Å². The second kappa shape index (κ2) is 8.43. The van der Waals surface area contributed by atoms with Gasteiger partial charge in [-0.2, -0.15) is 19.6 Å². The fourth-order valence-corrected chi connectivity index (χ4v) is 3.99. The van der Waals surface area contributed by atoms with Crippen molar-refractivity contribution in [1.82, 2.24) is 29.7 Å². The van der Waals surface area contributed by atoms with Gasteiger partial charge < -0.3 is 9.64 Å². The zero-order valence-corrected chi connectivity index (χ0v) is 18.3. The molecule has 0 aliphatic carbocycles. The maximum atomic E-state index is 14.3. The maximum absolute atomic E-state index is 14.3. The van der Waals surface area contributed by atoms with Gasteiger partial charge in [-0.15, -0.1) is 0 Å². The zero-order valence-electron chi connectivity index (χ0n) is 18.3. The van der Waals surface area contributed by atoms with E-state index in [9.17, 15) is 18.0 Å². The molecule has 2 amide bonds. The molecule has 2 aromatic heterocycles. The fourth-order valence-electron chi connectivity index (χ4n) is 3.99. The Balaban J connectivity index is 1.24. The minimum absolute atomic E-state index is 0.179. The summed E-state index contributed by atoms with van der Waals surface area (Å²) >= 11 is 0. The molecule has 1 aromatic carbocycles. The predicted molar refractivity (Wildman–Crippen MR) is 114 cm³/mol. The van der Waals surface area contributed by atoms with E-state index >= 15 is 0 Å². The van der Waals surface area contributed by atoms with Crippen LogP contribution in [0.15, 0.2) is 35.6 Å². The minimum atomic E-state index is -0.723. The van der Waals surface area contributed by atoms with Crippen molar-refractivity contribution in [2.75, 3.05) is 13.1 Å². The maximum Gasteiger partial charge on any atom is 0.341 e. The summed E-state index contributed by atoms with van der Waals surface area (Å²) in [5, 5.41) is 9.50. The fraction of sp³-hybridized carbons (Fsp3) is 0.318. The third kappa shape index (κ3) is 4.06. The smallest absolute Gasteiger partial charge is 0.341 e.